The number of hydrogen-bond acceptors (Lipinski definition) is 8. The molecule has 1 atom stereocenters. The summed E-state index contributed by atoms with van der Waals surface area (Å²) in [6, 6.07) is 3.17. The Morgan fingerprint density at radius 1 is 1.34 bits per heavy atom. The molecular weight excluding hydrogens is 379 g/mol. The molecule has 10 heteroatoms. The van der Waals surface area contributed by atoms with Crippen LogP contribution in [0.3, 0.4) is 0 Å². The molecule has 2 saturated heterocycles. The lowest BCUT2D eigenvalue weighted by Crippen LogP contribution is -2.56. The van der Waals surface area contributed by atoms with E-state index in [0.717, 1.165) is 19.5 Å². The average molecular weight is 406 g/mol. The summed E-state index contributed by atoms with van der Waals surface area (Å²) in [5.74, 6) is -1.13. The van der Waals surface area contributed by atoms with Gasteiger partial charge in [0.1, 0.15) is 11.9 Å². The zero-order chi connectivity index (χ0) is 19.9. The summed E-state index contributed by atoms with van der Waals surface area (Å²) >= 11 is 0. The number of hydrogen-bond donors (Lipinski definition) is 3. The van der Waals surface area contributed by atoms with Gasteiger partial charge in [-0.2, -0.15) is 0 Å². The van der Waals surface area contributed by atoms with E-state index in [1.54, 1.807) is 11.0 Å². The van der Waals surface area contributed by atoms with E-state index < -0.39 is 12.7 Å². The van der Waals surface area contributed by atoms with E-state index in [9.17, 15) is 24.7 Å². The van der Waals surface area contributed by atoms with Crippen LogP contribution in [0.25, 0.3) is 0 Å². The summed E-state index contributed by atoms with van der Waals surface area (Å²) in [4.78, 5) is 25.6. The summed E-state index contributed by atoms with van der Waals surface area (Å²) in [5.41, 5.74) is 0.232. The number of carbonyl (C=O) groups excluding carboxylic acids is 2. The van der Waals surface area contributed by atoms with Gasteiger partial charge in [0, 0.05) is 6.42 Å². The summed E-state index contributed by atoms with van der Waals surface area (Å²) < 4.78 is 10.9. The molecule has 3 aliphatic rings. The SMILES string of the molecule is C.O=C([O-])c1c(OC2CN(C(=O)C[C@H]3CCNC3)C2)ccc2c1O[B-](O)(O)CC2. The number of ether oxygens (including phenoxy) is 1. The van der Waals surface area contributed by atoms with Gasteiger partial charge in [-0.1, -0.05) is 19.8 Å². The van der Waals surface area contributed by atoms with Gasteiger partial charge in [-0.15, -0.1) is 0 Å². The van der Waals surface area contributed by atoms with Crippen LogP contribution < -0.4 is 19.8 Å². The molecule has 160 valence electrons. The molecule has 29 heavy (non-hydrogen) atoms. The van der Waals surface area contributed by atoms with Crippen LogP contribution in [-0.2, 0) is 11.2 Å². The maximum absolute atomic E-state index is 12.3. The second kappa shape index (κ2) is 8.21. The van der Waals surface area contributed by atoms with Crippen LogP contribution in [0.1, 0.15) is 36.2 Å². The first-order chi connectivity index (χ1) is 13.3. The Morgan fingerprint density at radius 2 is 2.10 bits per heavy atom. The van der Waals surface area contributed by atoms with Crippen molar-refractivity contribution in [2.75, 3.05) is 26.2 Å². The second-order valence-corrected chi connectivity index (χ2v) is 7.83. The van der Waals surface area contributed by atoms with Crippen LogP contribution >= 0.6 is 0 Å². The van der Waals surface area contributed by atoms with E-state index in [-0.39, 0.29) is 49.2 Å². The molecule has 3 N–H and O–H groups in total. The van der Waals surface area contributed by atoms with Gasteiger partial charge in [0.15, 0.2) is 0 Å². The molecule has 3 aliphatic heterocycles. The molecular formula is C19H27BN2O7-2. The summed E-state index contributed by atoms with van der Waals surface area (Å²) in [6.07, 6.45) is 1.46. The normalized spacial score (nSPS) is 22.7. The number of aryl methyl sites for hydroxylation is 1. The zero-order valence-corrected chi connectivity index (χ0v) is 15.4. The van der Waals surface area contributed by atoms with Crippen LogP contribution in [0.5, 0.6) is 11.5 Å². The number of amides is 1. The smallest absolute Gasteiger partial charge is 0.430 e. The summed E-state index contributed by atoms with van der Waals surface area (Å²) in [7, 11) is 0. The Bertz CT molecular complexity index is 789. The molecule has 1 aromatic carbocycles. The third-order valence-corrected chi connectivity index (χ3v) is 5.62. The third-order valence-electron chi connectivity index (χ3n) is 5.62. The number of fused-ring (bicyclic) bond motifs is 1. The minimum absolute atomic E-state index is 0. The Labute approximate surface area is 169 Å². The van der Waals surface area contributed by atoms with Crippen molar-refractivity contribution in [1.29, 1.82) is 0 Å². The predicted molar refractivity (Wildman–Crippen MR) is 103 cm³/mol. The fourth-order valence-corrected chi connectivity index (χ4v) is 3.98. The molecule has 0 unspecified atom stereocenters. The average Bonchev–Trinajstić information content (AvgIpc) is 3.08. The van der Waals surface area contributed by atoms with Crippen LogP contribution in [0.4, 0.5) is 0 Å². The number of carbonyl (C=O) groups is 2. The van der Waals surface area contributed by atoms with E-state index in [2.05, 4.69) is 5.32 Å². The molecule has 2 fully saturated rings. The van der Waals surface area contributed by atoms with E-state index in [1.165, 1.54) is 6.07 Å². The van der Waals surface area contributed by atoms with E-state index in [1.807, 2.05) is 0 Å². The lowest BCUT2D eigenvalue weighted by molar-refractivity contribution is -0.255. The minimum atomic E-state index is -3.10. The lowest BCUT2D eigenvalue weighted by atomic mass is 9.70. The molecule has 0 aliphatic carbocycles. The summed E-state index contributed by atoms with van der Waals surface area (Å²) in [5, 5.41) is 34.4. The van der Waals surface area contributed by atoms with Crippen molar-refractivity contribution in [2.24, 2.45) is 5.92 Å². The highest BCUT2D eigenvalue weighted by atomic mass is 16.6. The molecule has 0 spiro atoms. The molecule has 0 radical (unpaired) electrons. The zero-order valence-electron chi connectivity index (χ0n) is 15.4. The van der Waals surface area contributed by atoms with Crippen LogP contribution in [-0.4, -0.2) is 65.9 Å². The Kier molecular flexibility index (Phi) is 6.07. The van der Waals surface area contributed by atoms with Gasteiger partial charge in [0.25, 0.3) is 0 Å². The highest BCUT2D eigenvalue weighted by molar-refractivity contribution is 6.59. The maximum Gasteiger partial charge on any atom is 0.430 e. The van der Waals surface area contributed by atoms with E-state index in [4.69, 9.17) is 9.39 Å². The molecule has 0 bridgehead atoms. The van der Waals surface area contributed by atoms with Gasteiger partial charge in [0.2, 0.25) is 5.91 Å². The Morgan fingerprint density at radius 3 is 2.76 bits per heavy atom. The van der Waals surface area contributed by atoms with Crippen molar-refractivity contribution in [3.63, 3.8) is 0 Å². The number of nitrogens with one attached hydrogen (secondary N) is 1. The fraction of sp³-hybridized carbons (Fsp3) is 0.579. The number of rotatable bonds is 5. The largest absolute Gasteiger partial charge is 0.669 e. The minimum Gasteiger partial charge on any atom is -0.669 e. The standard InChI is InChI=1S/C18H24BN2O7.CH4/c22-15(7-11-4-6-20-8-11)21-9-13(10-21)27-14-2-1-12-3-5-19(25,26)28-17(12)16(14)18(23)24;/h1-2,11,13,20,25-26H,3-10H2,(H,23,24);1H4/q-1;/p-1/t11-;/m1./s1. The second-order valence-electron chi connectivity index (χ2n) is 7.83. The van der Waals surface area contributed by atoms with Crippen LogP contribution in [0.15, 0.2) is 12.1 Å². The number of aromatic carboxylic acids is 1. The lowest BCUT2D eigenvalue weighted by Gasteiger charge is -2.41. The number of benzene rings is 1. The van der Waals surface area contributed by atoms with Gasteiger partial charge in [0.05, 0.1) is 30.4 Å². The predicted octanol–water partition coefficient (Wildman–Crippen LogP) is -0.866. The first kappa shape index (κ1) is 21.4. The number of likely N-dealkylation sites (tertiary alicyclic amines) is 1. The number of carboxylic acids is 1. The van der Waals surface area contributed by atoms with Crippen molar-refractivity contribution < 1.29 is 34.1 Å². The van der Waals surface area contributed by atoms with Crippen molar-refractivity contribution >= 4 is 18.6 Å². The molecule has 1 aromatic rings. The third kappa shape index (κ3) is 4.49. The van der Waals surface area contributed by atoms with Crippen molar-refractivity contribution in [3.8, 4) is 11.5 Å². The Balaban J connectivity index is 0.00000240. The molecule has 4 rings (SSSR count). The summed E-state index contributed by atoms with van der Waals surface area (Å²) in [6.45, 7) is -0.520. The molecule has 1 amide bonds. The van der Waals surface area contributed by atoms with Crippen molar-refractivity contribution in [3.05, 3.63) is 23.3 Å². The van der Waals surface area contributed by atoms with Crippen LogP contribution in [0.2, 0.25) is 6.32 Å². The van der Waals surface area contributed by atoms with Gasteiger partial charge in [-0.25, -0.2) is 0 Å². The van der Waals surface area contributed by atoms with Crippen molar-refractivity contribution in [2.45, 2.75) is 39.1 Å². The Hall–Kier alpha value is -2.30. The molecule has 0 saturated carbocycles. The highest BCUT2D eigenvalue weighted by Gasteiger charge is 2.35. The highest BCUT2D eigenvalue weighted by Crippen LogP contribution is 2.38. The van der Waals surface area contributed by atoms with E-state index in [0.29, 0.717) is 31.0 Å². The van der Waals surface area contributed by atoms with Gasteiger partial charge >= 0.3 is 6.75 Å². The van der Waals surface area contributed by atoms with Gasteiger partial charge in [-0.3, -0.25) is 4.79 Å². The topological polar surface area (TPSA) is 131 Å². The molecule has 3 heterocycles. The first-order valence-corrected chi connectivity index (χ1v) is 9.64. The maximum atomic E-state index is 12.3. The van der Waals surface area contributed by atoms with Crippen molar-refractivity contribution in [1.82, 2.24) is 10.2 Å². The van der Waals surface area contributed by atoms with Gasteiger partial charge in [-0.05, 0) is 43.5 Å². The first-order valence-electron chi connectivity index (χ1n) is 9.64. The van der Waals surface area contributed by atoms with E-state index >= 15 is 0 Å². The monoisotopic (exact) mass is 406 g/mol. The quantitative estimate of drug-likeness (QED) is 0.538. The molecule has 0 aromatic heterocycles. The number of nitrogens with zero attached hydrogens (tertiary/aromatic N) is 1. The van der Waals surface area contributed by atoms with Crippen LogP contribution in [0, 0.1) is 5.92 Å². The van der Waals surface area contributed by atoms with Gasteiger partial charge < -0.3 is 39.6 Å². The fourth-order valence-electron chi connectivity index (χ4n) is 3.98. The molecule has 9 nitrogen and oxygen atoms in total. The number of carboxylic acid groups (broad SMARTS) is 1.